The van der Waals surface area contributed by atoms with Gasteiger partial charge in [-0.25, -0.2) is 9.97 Å². The smallest absolute Gasteiger partial charge is 0.163 e. The van der Waals surface area contributed by atoms with Gasteiger partial charge in [-0.1, -0.05) is 0 Å². The van der Waals surface area contributed by atoms with Crippen LogP contribution in [0.15, 0.2) is 18.7 Å². The molecule has 5 heteroatoms. The third-order valence-corrected chi connectivity index (χ3v) is 2.04. The van der Waals surface area contributed by atoms with Crippen molar-refractivity contribution in [2.45, 2.75) is 25.7 Å². The van der Waals surface area contributed by atoms with Gasteiger partial charge in [-0.15, -0.1) is 0 Å². The zero-order chi connectivity index (χ0) is 10.7. The van der Waals surface area contributed by atoms with E-state index in [0.717, 1.165) is 0 Å². The van der Waals surface area contributed by atoms with Gasteiger partial charge in [0.25, 0.3) is 0 Å². The molecule has 1 atom stereocenters. The van der Waals surface area contributed by atoms with Gasteiger partial charge in [-0.05, 0) is 13.8 Å². The lowest BCUT2D eigenvalue weighted by Gasteiger charge is -2.17. The maximum atomic E-state index is 5.58. The zero-order valence-corrected chi connectivity index (χ0v) is 8.84. The normalized spacial score (nSPS) is 24.0. The van der Waals surface area contributed by atoms with Crippen LogP contribution < -0.4 is 4.74 Å². The second kappa shape index (κ2) is 4.12. The van der Waals surface area contributed by atoms with Crippen molar-refractivity contribution >= 4 is 0 Å². The van der Waals surface area contributed by atoms with Crippen molar-refractivity contribution in [1.29, 1.82) is 0 Å². The third-order valence-electron chi connectivity index (χ3n) is 2.04. The molecule has 5 nitrogen and oxygen atoms in total. The molecule has 0 bridgehead atoms. The maximum Gasteiger partial charge on any atom is 0.163 e. The van der Waals surface area contributed by atoms with E-state index in [-0.39, 0.29) is 6.10 Å². The summed E-state index contributed by atoms with van der Waals surface area (Å²) >= 11 is 0. The summed E-state index contributed by atoms with van der Waals surface area (Å²) in [6.45, 7) is 4.79. The highest BCUT2D eigenvalue weighted by molar-refractivity contribution is 5.09. The summed E-state index contributed by atoms with van der Waals surface area (Å²) in [7, 11) is 0. The van der Waals surface area contributed by atoms with Crippen molar-refractivity contribution in [3.05, 3.63) is 18.7 Å². The first-order valence-electron chi connectivity index (χ1n) is 4.85. The topological polar surface area (TPSA) is 53.5 Å². The molecule has 2 heterocycles. The molecule has 0 amide bonds. The van der Waals surface area contributed by atoms with Gasteiger partial charge in [0.05, 0.1) is 19.0 Å². The summed E-state index contributed by atoms with van der Waals surface area (Å²) in [4.78, 5) is 7.70. The van der Waals surface area contributed by atoms with Crippen LogP contribution in [-0.2, 0) is 9.47 Å². The molecule has 1 saturated heterocycles. The van der Waals surface area contributed by atoms with Gasteiger partial charge in [-0.2, -0.15) is 0 Å². The number of rotatable bonds is 3. The van der Waals surface area contributed by atoms with Gasteiger partial charge >= 0.3 is 0 Å². The molecule has 0 aliphatic carbocycles. The molecule has 15 heavy (non-hydrogen) atoms. The average molecular weight is 210 g/mol. The predicted octanol–water partition coefficient (Wildman–Crippen LogP) is 1.01. The SMILES string of the molecule is CC1(C)OC[C@@H](COc2cncnc2)O1. The minimum atomic E-state index is -0.499. The van der Waals surface area contributed by atoms with E-state index in [1.807, 2.05) is 13.8 Å². The molecule has 1 aromatic rings. The van der Waals surface area contributed by atoms with Crippen LogP contribution in [-0.4, -0.2) is 35.1 Å². The molecule has 1 aromatic heterocycles. The Morgan fingerprint density at radius 2 is 2.20 bits per heavy atom. The fraction of sp³-hybridized carbons (Fsp3) is 0.600. The summed E-state index contributed by atoms with van der Waals surface area (Å²) < 4.78 is 16.4. The standard InChI is InChI=1S/C10H14N2O3/c1-10(2)14-6-9(15-10)5-13-8-3-11-7-12-4-8/h3-4,7,9H,5-6H2,1-2H3/t9-/m1/s1. The van der Waals surface area contributed by atoms with Crippen molar-refractivity contribution in [1.82, 2.24) is 9.97 Å². The molecule has 0 saturated carbocycles. The van der Waals surface area contributed by atoms with Crippen LogP contribution in [0.5, 0.6) is 5.75 Å². The van der Waals surface area contributed by atoms with Crippen molar-refractivity contribution in [3.63, 3.8) is 0 Å². The van der Waals surface area contributed by atoms with Gasteiger partial charge in [0.2, 0.25) is 0 Å². The van der Waals surface area contributed by atoms with Crippen molar-refractivity contribution < 1.29 is 14.2 Å². The first kappa shape index (κ1) is 10.3. The predicted molar refractivity (Wildman–Crippen MR) is 52.4 cm³/mol. The summed E-state index contributed by atoms with van der Waals surface area (Å²) in [5, 5.41) is 0. The Balaban J connectivity index is 1.80. The molecular weight excluding hydrogens is 196 g/mol. The number of hydrogen-bond acceptors (Lipinski definition) is 5. The van der Waals surface area contributed by atoms with Crippen molar-refractivity contribution in [2.24, 2.45) is 0 Å². The molecule has 82 valence electrons. The quantitative estimate of drug-likeness (QED) is 0.745. The van der Waals surface area contributed by atoms with Crippen LogP contribution in [0.2, 0.25) is 0 Å². The molecule has 1 aliphatic rings. The van der Waals surface area contributed by atoms with Crippen molar-refractivity contribution in [2.75, 3.05) is 13.2 Å². The summed E-state index contributed by atoms with van der Waals surface area (Å²) in [6.07, 6.45) is 4.67. The van der Waals surface area contributed by atoms with Crippen LogP contribution in [0, 0.1) is 0 Å². The Kier molecular flexibility index (Phi) is 2.83. The van der Waals surface area contributed by atoms with Gasteiger partial charge in [-0.3, -0.25) is 0 Å². The second-order valence-electron chi connectivity index (χ2n) is 3.84. The first-order chi connectivity index (χ1) is 7.16. The summed E-state index contributed by atoms with van der Waals surface area (Å²) in [6, 6.07) is 0. The van der Waals surface area contributed by atoms with Gasteiger partial charge in [0, 0.05) is 0 Å². The molecule has 0 radical (unpaired) electrons. The van der Waals surface area contributed by atoms with Gasteiger partial charge < -0.3 is 14.2 Å². The van der Waals surface area contributed by atoms with Crippen LogP contribution in [0.3, 0.4) is 0 Å². The lowest BCUT2D eigenvalue weighted by molar-refractivity contribution is -0.141. The van der Waals surface area contributed by atoms with Crippen LogP contribution in [0.25, 0.3) is 0 Å². The number of aromatic nitrogens is 2. The van der Waals surface area contributed by atoms with E-state index in [2.05, 4.69) is 9.97 Å². The van der Waals surface area contributed by atoms with E-state index in [4.69, 9.17) is 14.2 Å². The average Bonchev–Trinajstić information content (AvgIpc) is 2.57. The number of ether oxygens (including phenoxy) is 3. The lowest BCUT2D eigenvalue weighted by Crippen LogP contribution is -2.25. The Labute approximate surface area is 88.4 Å². The van der Waals surface area contributed by atoms with E-state index >= 15 is 0 Å². The van der Waals surface area contributed by atoms with Gasteiger partial charge in [0.15, 0.2) is 11.5 Å². The number of hydrogen-bond donors (Lipinski definition) is 0. The van der Waals surface area contributed by atoms with Crippen LogP contribution >= 0.6 is 0 Å². The molecule has 0 N–H and O–H groups in total. The highest BCUT2D eigenvalue weighted by Crippen LogP contribution is 2.22. The maximum absolute atomic E-state index is 5.58. The van der Waals surface area contributed by atoms with Gasteiger partial charge in [0.1, 0.15) is 19.0 Å². The zero-order valence-electron chi connectivity index (χ0n) is 8.84. The van der Waals surface area contributed by atoms with Crippen LogP contribution in [0.1, 0.15) is 13.8 Å². The van der Waals surface area contributed by atoms with E-state index in [1.165, 1.54) is 6.33 Å². The lowest BCUT2D eigenvalue weighted by atomic mass is 10.4. The van der Waals surface area contributed by atoms with Crippen molar-refractivity contribution in [3.8, 4) is 5.75 Å². The number of nitrogens with zero attached hydrogens (tertiary/aromatic N) is 2. The molecular formula is C10H14N2O3. The third kappa shape index (κ3) is 2.87. The minimum absolute atomic E-state index is 0.0276. The fourth-order valence-electron chi connectivity index (χ4n) is 1.39. The Morgan fingerprint density at radius 3 is 2.80 bits per heavy atom. The Hall–Kier alpha value is -1.20. The highest BCUT2D eigenvalue weighted by Gasteiger charge is 2.32. The van der Waals surface area contributed by atoms with E-state index in [9.17, 15) is 0 Å². The molecule has 1 fully saturated rings. The summed E-state index contributed by atoms with van der Waals surface area (Å²) in [5.74, 6) is 0.145. The monoisotopic (exact) mass is 210 g/mol. The molecule has 0 spiro atoms. The fourth-order valence-corrected chi connectivity index (χ4v) is 1.39. The van der Waals surface area contributed by atoms with Crippen LogP contribution in [0.4, 0.5) is 0 Å². The highest BCUT2D eigenvalue weighted by atomic mass is 16.7. The van der Waals surface area contributed by atoms with E-state index in [0.29, 0.717) is 19.0 Å². The first-order valence-corrected chi connectivity index (χ1v) is 4.85. The molecule has 2 rings (SSSR count). The van der Waals surface area contributed by atoms with E-state index in [1.54, 1.807) is 12.4 Å². The second-order valence-corrected chi connectivity index (χ2v) is 3.84. The Morgan fingerprint density at radius 1 is 1.47 bits per heavy atom. The summed E-state index contributed by atoms with van der Waals surface area (Å²) in [5.41, 5.74) is 0. The minimum Gasteiger partial charge on any atom is -0.488 e. The molecule has 0 aromatic carbocycles. The Bertz CT molecular complexity index is 316. The molecule has 0 unspecified atom stereocenters. The largest absolute Gasteiger partial charge is 0.488 e. The van der Waals surface area contributed by atoms with E-state index < -0.39 is 5.79 Å². The molecule has 1 aliphatic heterocycles.